The number of nitrogens with one attached hydrogen (secondary N) is 1. The molecule has 0 spiro atoms. The van der Waals surface area contributed by atoms with E-state index >= 15 is 0 Å². The van der Waals surface area contributed by atoms with Gasteiger partial charge in [-0.05, 0) is 32.6 Å². The zero-order valence-corrected chi connectivity index (χ0v) is 11.1. The lowest BCUT2D eigenvalue weighted by atomic mass is 10.0. The molecule has 0 aliphatic heterocycles. The zero-order chi connectivity index (χ0) is 11.9. The Kier molecular flexibility index (Phi) is 7.20. The summed E-state index contributed by atoms with van der Waals surface area (Å²) in [4.78, 5) is 0. The highest BCUT2D eigenvalue weighted by atomic mass is 16.3. The third-order valence-electron chi connectivity index (χ3n) is 3.01. The van der Waals surface area contributed by atoms with Gasteiger partial charge in [0.25, 0.3) is 0 Å². The lowest BCUT2D eigenvalue weighted by Crippen LogP contribution is -2.41. The van der Waals surface area contributed by atoms with Crippen LogP contribution in [-0.2, 0) is 0 Å². The van der Waals surface area contributed by atoms with Crippen molar-refractivity contribution in [3.8, 4) is 0 Å². The van der Waals surface area contributed by atoms with E-state index in [0.717, 1.165) is 12.3 Å². The molecular weight excluding hydrogens is 186 g/mol. The molecule has 0 radical (unpaired) electrons. The van der Waals surface area contributed by atoms with Crippen LogP contribution in [0.4, 0.5) is 0 Å². The summed E-state index contributed by atoms with van der Waals surface area (Å²) in [5, 5.41) is 13.2. The van der Waals surface area contributed by atoms with Crippen LogP contribution < -0.4 is 5.32 Å². The standard InChI is InChI=1S/C13H29NO/c1-6-13(5,15)10-14-12(4)9-7-8-11(2)3/h11-12,14-15H,6-10H2,1-5H3. The Morgan fingerprint density at radius 2 is 1.80 bits per heavy atom. The van der Waals surface area contributed by atoms with E-state index in [4.69, 9.17) is 0 Å². The van der Waals surface area contributed by atoms with Crippen LogP contribution in [0.5, 0.6) is 0 Å². The van der Waals surface area contributed by atoms with E-state index in [9.17, 15) is 5.11 Å². The summed E-state index contributed by atoms with van der Waals surface area (Å²) < 4.78 is 0. The van der Waals surface area contributed by atoms with Crippen molar-refractivity contribution in [2.75, 3.05) is 6.54 Å². The SMILES string of the molecule is CCC(C)(O)CNC(C)CCCC(C)C. The molecule has 2 atom stereocenters. The minimum Gasteiger partial charge on any atom is -0.389 e. The van der Waals surface area contributed by atoms with Crippen LogP contribution >= 0.6 is 0 Å². The summed E-state index contributed by atoms with van der Waals surface area (Å²) in [6.45, 7) is 11.3. The summed E-state index contributed by atoms with van der Waals surface area (Å²) in [5.74, 6) is 0.802. The van der Waals surface area contributed by atoms with Crippen molar-refractivity contribution in [2.24, 2.45) is 5.92 Å². The molecule has 0 aromatic rings. The first-order valence-electron chi connectivity index (χ1n) is 6.33. The van der Waals surface area contributed by atoms with Gasteiger partial charge in [-0.2, -0.15) is 0 Å². The van der Waals surface area contributed by atoms with E-state index in [1.807, 2.05) is 13.8 Å². The Morgan fingerprint density at radius 1 is 1.20 bits per heavy atom. The van der Waals surface area contributed by atoms with Gasteiger partial charge in [0.1, 0.15) is 0 Å². The van der Waals surface area contributed by atoms with Crippen molar-refractivity contribution < 1.29 is 5.11 Å². The fourth-order valence-corrected chi connectivity index (χ4v) is 1.45. The molecule has 0 aliphatic carbocycles. The normalized spacial score (nSPS) is 17.8. The van der Waals surface area contributed by atoms with Gasteiger partial charge in [0.2, 0.25) is 0 Å². The number of rotatable bonds is 8. The molecule has 92 valence electrons. The van der Waals surface area contributed by atoms with E-state index in [1.165, 1.54) is 19.3 Å². The van der Waals surface area contributed by atoms with Crippen LogP contribution in [0, 0.1) is 5.92 Å². The maximum atomic E-state index is 9.82. The van der Waals surface area contributed by atoms with Crippen molar-refractivity contribution in [3.63, 3.8) is 0 Å². The first-order valence-corrected chi connectivity index (χ1v) is 6.33. The second-order valence-corrected chi connectivity index (χ2v) is 5.46. The van der Waals surface area contributed by atoms with Crippen molar-refractivity contribution in [2.45, 2.75) is 71.9 Å². The lowest BCUT2D eigenvalue weighted by molar-refractivity contribution is 0.0530. The minimum atomic E-state index is -0.549. The van der Waals surface area contributed by atoms with Crippen LogP contribution in [0.1, 0.15) is 60.3 Å². The molecule has 0 amide bonds. The molecule has 15 heavy (non-hydrogen) atoms. The molecule has 2 nitrogen and oxygen atoms in total. The smallest absolute Gasteiger partial charge is 0.0741 e. The summed E-state index contributed by atoms with van der Waals surface area (Å²) in [5.41, 5.74) is -0.549. The first-order chi connectivity index (χ1) is 6.87. The zero-order valence-electron chi connectivity index (χ0n) is 11.1. The van der Waals surface area contributed by atoms with Crippen molar-refractivity contribution in [1.29, 1.82) is 0 Å². The maximum absolute atomic E-state index is 9.82. The summed E-state index contributed by atoms with van der Waals surface area (Å²) >= 11 is 0. The van der Waals surface area contributed by atoms with E-state index < -0.39 is 5.60 Å². The maximum Gasteiger partial charge on any atom is 0.0741 e. The highest BCUT2D eigenvalue weighted by Gasteiger charge is 2.17. The monoisotopic (exact) mass is 215 g/mol. The molecule has 0 aromatic heterocycles. The molecule has 0 saturated carbocycles. The van der Waals surface area contributed by atoms with Crippen molar-refractivity contribution >= 4 is 0 Å². The average Bonchev–Trinajstić information content (AvgIpc) is 2.14. The Morgan fingerprint density at radius 3 is 2.27 bits per heavy atom. The predicted octanol–water partition coefficient (Wildman–Crippen LogP) is 2.95. The van der Waals surface area contributed by atoms with E-state index in [1.54, 1.807) is 0 Å². The van der Waals surface area contributed by atoms with Crippen LogP contribution in [0.2, 0.25) is 0 Å². The third kappa shape index (κ3) is 8.88. The van der Waals surface area contributed by atoms with Gasteiger partial charge >= 0.3 is 0 Å². The van der Waals surface area contributed by atoms with Gasteiger partial charge in [-0.15, -0.1) is 0 Å². The van der Waals surface area contributed by atoms with Gasteiger partial charge in [0.15, 0.2) is 0 Å². The van der Waals surface area contributed by atoms with Crippen molar-refractivity contribution in [3.05, 3.63) is 0 Å². The highest BCUT2D eigenvalue weighted by molar-refractivity contribution is 4.75. The third-order valence-corrected chi connectivity index (χ3v) is 3.01. The second kappa shape index (κ2) is 7.24. The van der Waals surface area contributed by atoms with Crippen LogP contribution in [0.3, 0.4) is 0 Å². The lowest BCUT2D eigenvalue weighted by Gasteiger charge is -2.24. The molecule has 0 rings (SSSR count). The summed E-state index contributed by atoms with van der Waals surface area (Å²) in [7, 11) is 0. The van der Waals surface area contributed by atoms with Gasteiger partial charge in [-0.25, -0.2) is 0 Å². The molecule has 0 bridgehead atoms. The molecule has 0 aliphatic rings. The van der Waals surface area contributed by atoms with Crippen molar-refractivity contribution in [1.82, 2.24) is 5.32 Å². The molecule has 0 aromatic carbocycles. The van der Waals surface area contributed by atoms with Crippen LogP contribution in [0.15, 0.2) is 0 Å². The first kappa shape index (κ1) is 14.9. The quantitative estimate of drug-likeness (QED) is 0.652. The number of hydrogen-bond donors (Lipinski definition) is 2. The van der Waals surface area contributed by atoms with Gasteiger partial charge in [-0.1, -0.05) is 33.6 Å². The highest BCUT2D eigenvalue weighted by Crippen LogP contribution is 2.10. The minimum absolute atomic E-state index is 0.516. The number of aliphatic hydroxyl groups is 1. The van der Waals surface area contributed by atoms with Crippen LogP contribution in [0.25, 0.3) is 0 Å². The Hall–Kier alpha value is -0.0800. The molecule has 2 unspecified atom stereocenters. The van der Waals surface area contributed by atoms with E-state index in [0.29, 0.717) is 12.6 Å². The predicted molar refractivity (Wildman–Crippen MR) is 67.1 cm³/mol. The van der Waals surface area contributed by atoms with Gasteiger partial charge < -0.3 is 10.4 Å². The Balaban J connectivity index is 3.53. The topological polar surface area (TPSA) is 32.3 Å². The fourth-order valence-electron chi connectivity index (χ4n) is 1.45. The van der Waals surface area contributed by atoms with Gasteiger partial charge in [0, 0.05) is 12.6 Å². The van der Waals surface area contributed by atoms with E-state index in [2.05, 4.69) is 26.1 Å². The largest absolute Gasteiger partial charge is 0.389 e. The van der Waals surface area contributed by atoms with E-state index in [-0.39, 0.29) is 0 Å². The Labute approximate surface area is 95.5 Å². The van der Waals surface area contributed by atoms with Gasteiger partial charge in [0.05, 0.1) is 5.60 Å². The molecule has 0 saturated heterocycles. The van der Waals surface area contributed by atoms with Gasteiger partial charge in [-0.3, -0.25) is 0 Å². The molecule has 2 N–H and O–H groups in total. The average molecular weight is 215 g/mol. The molecular formula is C13H29NO. The second-order valence-electron chi connectivity index (χ2n) is 5.46. The molecule has 0 heterocycles. The van der Waals surface area contributed by atoms with Crippen LogP contribution in [-0.4, -0.2) is 23.3 Å². The molecule has 0 fully saturated rings. The fraction of sp³-hybridized carbons (Fsp3) is 1.00. The summed E-state index contributed by atoms with van der Waals surface area (Å²) in [6.07, 6.45) is 4.59. The Bertz CT molecular complexity index is 155. The number of hydrogen-bond acceptors (Lipinski definition) is 2. The molecule has 2 heteroatoms. The summed E-state index contributed by atoms with van der Waals surface area (Å²) in [6, 6.07) is 0.516.